The van der Waals surface area contributed by atoms with Gasteiger partial charge in [-0.25, -0.2) is 13.4 Å². The van der Waals surface area contributed by atoms with Crippen LogP contribution in [0, 0.1) is 6.92 Å². The van der Waals surface area contributed by atoms with Gasteiger partial charge in [-0.3, -0.25) is 9.71 Å². The first-order valence-electron chi connectivity index (χ1n) is 6.35. The number of anilines is 1. The van der Waals surface area contributed by atoms with Gasteiger partial charge in [0.1, 0.15) is 5.82 Å². The topological polar surface area (TPSA) is 72.0 Å². The molecule has 1 aromatic carbocycles. The Hall–Kier alpha value is -2.47. The van der Waals surface area contributed by atoms with Crippen molar-refractivity contribution in [1.29, 1.82) is 0 Å². The van der Waals surface area contributed by atoms with E-state index in [9.17, 15) is 8.42 Å². The molecular formula is C15H13N3O2S. The van der Waals surface area contributed by atoms with E-state index >= 15 is 0 Å². The third-order valence-electron chi connectivity index (χ3n) is 3.17. The molecule has 0 aliphatic rings. The number of hydrogen-bond donors (Lipinski definition) is 1. The summed E-state index contributed by atoms with van der Waals surface area (Å²) >= 11 is 0. The molecule has 0 aliphatic heterocycles. The number of nitrogens with one attached hydrogen (secondary N) is 1. The zero-order valence-electron chi connectivity index (χ0n) is 11.3. The molecule has 0 aliphatic carbocycles. The average molecular weight is 299 g/mol. The van der Waals surface area contributed by atoms with Gasteiger partial charge in [-0.15, -0.1) is 0 Å². The number of benzene rings is 1. The Bertz CT molecular complexity index is 902. The molecule has 5 nitrogen and oxygen atoms in total. The molecule has 0 atom stereocenters. The lowest BCUT2D eigenvalue weighted by Gasteiger charge is -2.11. The predicted octanol–water partition coefficient (Wildman–Crippen LogP) is 2.74. The van der Waals surface area contributed by atoms with Crippen molar-refractivity contribution in [3.05, 3.63) is 60.6 Å². The summed E-state index contributed by atoms with van der Waals surface area (Å²) in [6.07, 6.45) is 4.77. The van der Waals surface area contributed by atoms with Crippen LogP contribution in [0.2, 0.25) is 0 Å². The van der Waals surface area contributed by atoms with Crippen LogP contribution in [-0.4, -0.2) is 18.4 Å². The summed E-state index contributed by atoms with van der Waals surface area (Å²) in [6, 6.07) is 10.4. The first-order valence-corrected chi connectivity index (χ1v) is 7.83. The summed E-state index contributed by atoms with van der Waals surface area (Å²) < 4.78 is 27.7. The number of rotatable bonds is 3. The standard InChI is InChI=1S/C15H13N3O2S/c1-11-4-3-8-17-15(11)18-21(19,20)14-6-2-5-12-10-16-9-7-13(12)14/h2-10H,1H3,(H,17,18). The summed E-state index contributed by atoms with van der Waals surface area (Å²) in [5.74, 6) is 0.337. The Morgan fingerprint density at radius 3 is 2.71 bits per heavy atom. The van der Waals surface area contributed by atoms with Gasteiger partial charge in [-0.05, 0) is 30.7 Å². The molecule has 0 saturated carbocycles. The molecule has 0 radical (unpaired) electrons. The van der Waals surface area contributed by atoms with Crippen molar-refractivity contribution in [3.63, 3.8) is 0 Å². The molecule has 0 amide bonds. The van der Waals surface area contributed by atoms with E-state index in [1.807, 2.05) is 6.07 Å². The fourth-order valence-corrected chi connectivity index (χ4v) is 3.41. The Balaban J connectivity index is 2.11. The van der Waals surface area contributed by atoms with Gasteiger partial charge < -0.3 is 0 Å². The van der Waals surface area contributed by atoms with E-state index in [-0.39, 0.29) is 4.90 Å². The van der Waals surface area contributed by atoms with Gasteiger partial charge in [0, 0.05) is 29.4 Å². The number of aryl methyl sites for hydroxylation is 1. The molecule has 3 rings (SSSR count). The van der Waals surface area contributed by atoms with Crippen LogP contribution < -0.4 is 4.72 Å². The lowest BCUT2D eigenvalue weighted by molar-refractivity contribution is 0.602. The van der Waals surface area contributed by atoms with Gasteiger partial charge in [-0.1, -0.05) is 18.2 Å². The summed E-state index contributed by atoms with van der Waals surface area (Å²) in [4.78, 5) is 8.29. The van der Waals surface area contributed by atoms with E-state index in [4.69, 9.17) is 0 Å². The molecule has 3 aromatic rings. The highest BCUT2D eigenvalue weighted by atomic mass is 32.2. The summed E-state index contributed by atoms with van der Waals surface area (Å²) in [7, 11) is -3.70. The summed E-state index contributed by atoms with van der Waals surface area (Å²) in [5.41, 5.74) is 0.767. The third kappa shape index (κ3) is 2.57. The van der Waals surface area contributed by atoms with Gasteiger partial charge in [0.25, 0.3) is 10.0 Å². The second-order valence-corrected chi connectivity index (χ2v) is 6.28. The predicted molar refractivity (Wildman–Crippen MR) is 81.5 cm³/mol. The second-order valence-electron chi connectivity index (χ2n) is 4.63. The molecular weight excluding hydrogens is 286 g/mol. The third-order valence-corrected chi connectivity index (χ3v) is 4.57. The van der Waals surface area contributed by atoms with Crippen LogP contribution in [0.25, 0.3) is 10.8 Å². The highest BCUT2D eigenvalue weighted by Gasteiger charge is 2.18. The molecule has 6 heteroatoms. The number of nitrogens with zero attached hydrogens (tertiary/aromatic N) is 2. The van der Waals surface area contributed by atoms with Crippen LogP contribution >= 0.6 is 0 Å². The number of fused-ring (bicyclic) bond motifs is 1. The van der Waals surface area contributed by atoms with Gasteiger partial charge in [-0.2, -0.15) is 0 Å². The molecule has 2 aromatic heterocycles. The maximum absolute atomic E-state index is 12.6. The molecule has 21 heavy (non-hydrogen) atoms. The minimum atomic E-state index is -3.70. The van der Waals surface area contributed by atoms with Crippen LogP contribution in [0.3, 0.4) is 0 Å². The van der Waals surface area contributed by atoms with E-state index < -0.39 is 10.0 Å². The molecule has 2 heterocycles. The molecule has 106 valence electrons. The van der Waals surface area contributed by atoms with Crippen LogP contribution in [0.5, 0.6) is 0 Å². The summed E-state index contributed by atoms with van der Waals surface area (Å²) in [6.45, 7) is 1.80. The van der Waals surface area contributed by atoms with Crippen molar-refractivity contribution in [2.75, 3.05) is 4.72 Å². The Kier molecular flexibility index (Phi) is 3.31. The SMILES string of the molecule is Cc1cccnc1NS(=O)(=O)c1cccc2cnccc12. The van der Waals surface area contributed by atoms with Crippen LogP contribution in [-0.2, 0) is 10.0 Å². The molecule has 0 spiro atoms. The second kappa shape index (κ2) is 5.14. The zero-order valence-corrected chi connectivity index (χ0v) is 12.1. The van der Waals surface area contributed by atoms with Crippen LogP contribution in [0.4, 0.5) is 5.82 Å². The van der Waals surface area contributed by atoms with Crippen molar-refractivity contribution in [1.82, 2.24) is 9.97 Å². The quantitative estimate of drug-likeness (QED) is 0.807. The first kappa shape index (κ1) is 13.5. The summed E-state index contributed by atoms with van der Waals surface area (Å²) in [5, 5.41) is 1.41. The van der Waals surface area contributed by atoms with Crippen LogP contribution in [0.15, 0.2) is 59.9 Å². The average Bonchev–Trinajstić information content (AvgIpc) is 2.49. The lowest BCUT2D eigenvalue weighted by atomic mass is 10.2. The number of aromatic nitrogens is 2. The maximum atomic E-state index is 12.6. The normalized spacial score (nSPS) is 11.5. The zero-order chi connectivity index (χ0) is 14.9. The molecule has 0 unspecified atom stereocenters. The fourth-order valence-electron chi connectivity index (χ4n) is 2.10. The lowest BCUT2D eigenvalue weighted by Crippen LogP contribution is -2.15. The van der Waals surface area contributed by atoms with Crippen molar-refractivity contribution in [2.45, 2.75) is 11.8 Å². The molecule has 0 fully saturated rings. The highest BCUT2D eigenvalue weighted by molar-refractivity contribution is 7.93. The van der Waals surface area contributed by atoms with Crippen molar-refractivity contribution < 1.29 is 8.42 Å². The van der Waals surface area contributed by atoms with Gasteiger partial charge in [0.15, 0.2) is 0 Å². The van der Waals surface area contributed by atoms with Gasteiger partial charge in [0.05, 0.1) is 4.90 Å². The molecule has 1 N–H and O–H groups in total. The number of hydrogen-bond acceptors (Lipinski definition) is 4. The van der Waals surface area contributed by atoms with Crippen molar-refractivity contribution in [2.24, 2.45) is 0 Å². The fraction of sp³-hybridized carbons (Fsp3) is 0.0667. The highest BCUT2D eigenvalue weighted by Crippen LogP contribution is 2.24. The van der Waals surface area contributed by atoms with E-state index in [0.29, 0.717) is 11.2 Å². The monoisotopic (exact) mass is 299 g/mol. The van der Waals surface area contributed by atoms with Crippen molar-refractivity contribution >= 4 is 26.6 Å². The Labute approximate surface area is 122 Å². The van der Waals surface area contributed by atoms with Crippen LogP contribution in [0.1, 0.15) is 5.56 Å². The van der Waals surface area contributed by atoms with Crippen molar-refractivity contribution in [3.8, 4) is 0 Å². The first-order chi connectivity index (χ1) is 10.1. The minimum Gasteiger partial charge on any atom is -0.264 e. The Morgan fingerprint density at radius 1 is 1.05 bits per heavy atom. The smallest absolute Gasteiger partial charge is 0.263 e. The minimum absolute atomic E-state index is 0.215. The van der Waals surface area contributed by atoms with Gasteiger partial charge in [0.2, 0.25) is 0 Å². The van der Waals surface area contributed by atoms with Gasteiger partial charge >= 0.3 is 0 Å². The van der Waals surface area contributed by atoms with E-state index in [1.54, 1.807) is 55.8 Å². The number of sulfonamides is 1. The number of pyridine rings is 2. The molecule has 0 saturated heterocycles. The van der Waals surface area contributed by atoms with E-state index in [0.717, 1.165) is 10.9 Å². The Morgan fingerprint density at radius 2 is 1.90 bits per heavy atom. The molecule has 0 bridgehead atoms. The largest absolute Gasteiger partial charge is 0.264 e. The van der Waals surface area contributed by atoms with E-state index in [2.05, 4.69) is 14.7 Å². The maximum Gasteiger partial charge on any atom is 0.263 e. The van der Waals surface area contributed by atoms with E-state index in [1.165, 1.54) is 0 Å².